The molecule has 0 bridgehead atoms. The highest BCUT2D eigenvalue weighted by Gasteiger charge is 2.24. The zero-order chi connectivity index (χ0) is 19.7. The van der Waals surface area contributed by atoms with Crippen LogP contribution in [-0.4, -0.2) is 34.6 Å². The highest BCUT2D eigenvalue weighted by molar-refractivity contribution is 6.34. The first-order valence-electron chi connectivity index (χ1n) is 8.01. The number of para-hydroxylation sites is 2. The summed E-state index contributed by atoms with van der Waals surface area (Å²) in [6, 6.07) is 10.2. The quantitative estimate of drug-likeness (QED) is 0.377. The summed E-state index contributed by atoms with van der Waals surface area (Å²) < 4.78 is 6.56. The average Bonchev–Trinajstić information content (AvgIpc) is 2.96. The first-order chi connectivity index (χ1) is 12.8. The second-order valence-corrected chi connectivity index (χ2v) is 6.41. The molecule has 3 rings (SSSR count). The number of hydrogen-bond donors (Lipinski definition) is 0. The number of esters is 1. The van der Waals surface area contributed by atoms with E-state index in [1.54, 1.807) is 11.9 Å². The van der Waals surface area contributed by atoms with Gasteiger partial charge >= 0.3 is 5.97 Å². The Bertz CT molecular complexity index is 1050. The van der Waals surface area contributed by atoms with Gasteiger partial charge in [0.05, 0.1) is 40.2 Å². The Labute approximate surface area is 160 Å². The predicted octanol–water partition coefficient (Wildman–Crippen LogP) is 3.56. The number of aryl methyl sites for hydroxylation is 1. The van der Waals surface area contributed by atoms with Crippen molar-refractivity contribution in [2.24, 2.45) is 7.05 Å². The Hall–Kier alpha value is -3.13. The first kappa shape index (κ1) is 18.7. The van der Waals surface area contributed by atoms with Gasteiger partial charge in [-0.15, -0.1) is 0 Å². The predicted molar refractivity (Wildman–Crippen MR) is 102 cm³/mol. The van der Waals surface area contributed by atoms with Crippen LogP contribution in [0.2, 0.25) is 5.02 Å². The third-order valence-electron chi connectivity index (χ3n) is 4.34. The van der Waals surface area contributed by atoms with Crippen molar-refractivity contribution in [3.8, 4) is 0 Å². The third kappa shape index (κ3) is 3.43. The number of aromatic nitrogens is 2. The molecule has 0 amide bonds. The van der Waals surface area contributed by atoms with Gasteiger partial charge in [0, 0.05) is 20.2 Å². The number of rotatable bonds is 5. The number of imidazole rings is 1. The molecular weight excluding hydrogens is 372 g/mol. The summed E-state index contributed by atoms with van der Waals surface area (Å²) in [5.41, 5.74) is 1.81. The number of halogens is 1. The maximum Gasteiger partial charge on any atom is 0.339 e. The maximum absolute atomic E-state index is 11.8. The van der Waals surface area contributed by atoms with Crippen LogP contribution in [0.3, 0.4) is 0 Å². The molecule has 0 fully saturated rings. The van der Waals surface area contributed by atoms with E-state index in [4.69, 9.17) is 11.6 Å². The number of methoxy groups -OCH3 is 1. The van der Waals surface area contributed by atoms with Gasteiger partial charge in [-0.25, -0.2) is 9.78 Å². The van der Waals surface area contributed by atoms with E-state index < -0.39 is 10.9 Å². The monoisotopic (exact) mass is 388 g/mol. The molecule has 0 saturated carbocycles. The van der Waals surface area contributed by atoms with Crippen molar-refractivity contribution < 1.29 is 14.5 Å². The van der Waals surface area contributed by atoms with Crippen LogP contribution in [0.25, 0.3) is 11.0 Å². The van der Waals surface area contributed by atoms with Crippen molar-refractivity contribution in [3.05, 3.63) is 62.9 Å². The van der Waals surface area contributed by atoms with Crippen LogP contribution in [0.5, 0.6) is 0 Å². The van der Waals surface area contributed by atoms with E-state index in [2.05, 4.69) is 9.72 Å². The fourth-order valence-electron chi connectivity index (χ4n) is 2.90. The molecule has 9 heteroatoms. The number of carbonyl (C=O) groups is 1. The number of benzene rings is 2. The van der Waals surface area contributed by atoms with E-state index in [-0.39, 0.29) is 22.0 Å². The van der Waals surface area contributed by atoms with Crippen LogP contribution in [0, 0.1) is 10.1 Å². The average molecular weight is 389 g/mol. The largest absolute Gasteiger partial charge is 0.465 e. The van der Waals surface area contributed by atoms with Crippen LogP contribution in [0.4, 0.5) is 11.4 Å². The molecule has 0 aliphatic carbocycles. The van der Waals surface area contributed by atoms with E-state index in [9.17, 15) is 14.9 Å². The van der Waals surface area contributed by atoms with Crippen molar-refractivity contribution in [1.29, 1.82) is 0 Å². The molecule has 140 valence electrons. The van der Waals surface area contributed by atoms with Gasteiger partial charge in [-0.2, -0.15) is 0 Å². The molecule has 1 heterocycles. The molecule has 0 saturated heterocycles. The van der Waals surface area contributed by atoms with Crippen LogP contribution in [0.1, 0.15) is 16.2 Å². The molecule has 0 aliphatic rings. The fraction of sp³-hybridized carbons (Fsp3) is 0.222. The van der Waals surface area contributed by atoms with E-state index in [0.29, 0.717) is 6.54 Å². The van der Waals surface area contributed by atoms with Crippen LogP contribution in [0.15, 0.2) is 36.4 Å². The lowest BCUT2D eigenvalue weighted by atomic mass is 10.1. The number of carbonyl (C=O) groups excluding carboxylic acids is 1. The minimum Gasteiger partial charge on any atom is -0.465 e. The summed E-state index contributed by atoms with van der Waals surface area (Å²) in [6.45, 7) is 0.319. The molecule has 27 heavy (non-hydrogen) atoms. The van der Waals surface area contributed by atoms with Gasteiger partial charge in [-0.3, -0.25) is 10.1 Å². The van der Waals surface area contributed by atoms with E-state index in [0.717, 1.165) is 22.9 Å². The number of ether oxygens (including phenoxy) is 1. The Balaban J connectivity index is 2.01. The molecule has 0 spiro atoms. The molecule has 0 N–H and O–H groups in total. The van der Waals surface area contributed by atoms with Crippen molar-refractivity contribution in [2.75, 3.05) is 19.1 Å². The third-order valence-corrected chi connectivity index (χ3v) is 4.65. The van der Waals surface area contributed by atoms with Crippen molar-refractivity contribution >= 4 is 40.0 Å². The van der Waals surface area contributed by atoms with Crippen LogP contribution < -0.4 is 4.90 Å². The molecule has 0 radical (unpaired) electrons. The molecular formula is C18H17ClN4O4. The molecule has 1 aromatic heterocycles. The molecule has 0 atom stereocenters. The fourth-order valence-corrected chi connectivity index (χ4v) is 3.14. The molecule has 2 aromatic carbocycles. The summed E-state index contributed by atoms with van der Waals surface area (Å²) in [7, 11) is 4.78. The maximum atomic E-state index is 11.8. The minimum atomic E-state index is -0.729. The lowest BCUT2D eigenvalue weighted by Crippen LogP contribution is -2.20. The number of fused-ring (bicyclic) bond motifs is 1. The number of nitro benzene ring substituents is 1. The molecule has 0 unspecified atom stereocenters. The number of nitro groups is 1. The van der Waals surface area contributed by atoms with Gasteiger partial charge < -0.3 is 14.2 Å². The second kappa shape index (κ2) is 7.24. The van der Waals surface area contributed by atoms with Gasteiger partial charge in [-0.05, 0) is 18.2 Å². The van der Waals surface area contributed by atoms with Gasteiger partial charge in [0.15, 0.2) is 0 Å². The second-order valence-electron chi connectivity index (χ2n) is 6.00. The zero-order valence-electron chi connectivity index (χ0n) is 15.0. The topological polar surface area (TPSA) is 90.5 Å². The van der Waals surface area contributed by atoms with Gasteiger partial charge in [0.2, 0.25) is 0 Å². The highest BCUT2D eigenvalue weighted by Crippen LogP contribution is 2.34. The van der Waals surface area contributed by atoms with Gasteiger partial charge in [0.1, 0.15) is 11.5 Å². The minimum absolute atomic E-state index is 0.0502. The summed E-state index contributed by atoms with van der Waals surface area (Å²) in [5.74, 6) is 0.00817. The van der Waals surface area contributed by atoms with E-state index in [1.807, 2.05) is 35.9 Å². The Kier molecular flexibility index (Phi) is 5.00. The van der Waals surface area contributed by atoms with Gasteiger partial charge in [-0.1, -0.05) is 23.7 Å². The Morgan fingerprint density at radius 2 is 2.07 bits per heavy atom. The van der Waals surface area contributed by atoms with E-state index in [1.165, 1.54) is 13.2 Å². The molecule has 3 aromatic rings. The Morgan fingerprint density at radius 3 is 2.70 bits per heavy atom. The smallest absolute Gasteiger partial charge is 0.339 e. The van der Waals surface area contributed by atoms with Crippen LogP contribution >= 0.6 is 11.6 Å². The molecule has 0 aliphatic heterocycles. The molecule has 8 nitrogen and oxygen atoms in total. The van der Waals surface area contributed by atoms with Crippen molar-refractivity contribution in [2.45, 2.75) is 6.54 Å². The Morgan fingerprint density at radius 1 is 1.37 bits per heavy atom. The first-order valence-corrected chi connectivity index (χ1v) is 8.39. The lowest BCUT2D eigenvalue weighted by molar-refractivity contribution is -0.384. The summed E-state index contributed by atoms with van der Waals surface area (Å²) >= 11 is 6.15. The van der Waals surface area contributed by atoms with Gasteiger partial charge in [0.25, 0.3) is 5.69 Å². The highest BCUT2D eigenvalue weighted by atomic mass is 35.5. The number of anilines is 1. The summed E-state index contributed by atoms with van der Waals surface area (Å²) in [4.78, 5) is 29.0. The van der Waals surface area contributed by atoms with E-state index >= 15 is 0 Å². The lowest BCUT2D eigenvalue weighted by Gasteiger charge is -2.20. The standard InChI is InChI=1S/C18H17ClN4O4/c1-21(10-17-20-13-6-4-5-7-14(13)22(17)2)15-9-12(19)11(18(24)27-3)8-16(15)23(25)26/h4-9H,10H2,1-3H3. The number of hydrogen-bond acceptors (Lipinski definition) is 6. The summed E-state index contributed by atoms with van der Waals surface area (Å²) in [6.07, 6.45) is 0. The SMILES string of the molecule is COC(=O)c1cc([N+](=O)[O-])c(N(C)Cc2nc3ccccc3n2C)cc1Cl. The number of nitrogens with zero attached hydrogens (tertiary/aromatic N) is 4. The van der Waals surface area contributed by atoms with Crippen molar-refractivity contribution in [1.82, 2.24) is 9.55 Å². The van der Waals surface area contributed by atoms with Crippen LogP contribution in [-0.2, 0) is 18.3 Å². The summed E-state index contributed by atoms with van der Waals surface area (Å²) in [5, 5.41) is 11.6. The zero-order valence-corrected chi connectivity index (χ0v) is 15.7. The van der Waals surface area contributed by atoms with Crippen molar-refractivity contribution in [3.63, 3.8) is 0 Å². The normalized spacial score (nSPS) is 10.8.